The summed E-state index contributed by atoms with van der Waals surface area (Å²) in [5, 5.41) is 3.10. The molecule has 2 aromatic rings. The number of piperidine rings is 1. The summed E-state index contributed by atoms with van der Waals surface area (Å²) in [7, 11) is 3.82. The Morgan fingerprint density at radius 3 is 2.50 bits per heavy atom. The Balaban J connectivity index is 1.77. The molecule has 0 saturated carbocycles. The van der Waals surface area contributed by atoms with Crippen molar-refractivity contribution in [2.45, 2.75) is 38.0 Å². The van der Waals surface area contributed by atoms with Crippen molar-refractivity contribution in [2.24, 2.45) is 0 Å². The summed E-state index contributed by atoms with van der Waals surface area (Å²) in [4.78, 5) is 23.9. The van der Waals surface area contributed by atoms with Crippen LogP contribution in [0.1, 0.15) is 37.1 Å². The van der Waals surface area contributed by atoms with Crippen LogP contribution >= 0.6 is 23.2 Å². The lowest BCUT2D eigenvalue weighted by molar-refractivity contribution is -0.141. The molecule has 2 amide bonds. The van der Waals surface area contributed by atoms with Crippen LogP contribution in [0.3, 0.4) is 0 Å². The van der Waals surface area contributed by atoms with Gasteiger partial charge in [0.2, 0.25) is 0 Å². The molecule has 11 heteroatoms. The van der Waals surface area contributed by atoms with E-state index in [4.69, 9.17) is 23.2 Å². The molecule has 1 unspecified atom stereocenters. The molecule has 1 saturated heterocycles. The molecule has 6 nitrogen and oxygen atoms in total. The van der Waals surface area contributed by atoms with Crippen molar-refractivity contribution in [3.63, 3.8) is 0 Å². The number of nitrogens with zero attached hydrogens (tertiary/aromatic N) is 4. The quantitative estimate of drug-likeness (QED) is 0.635. The first-order valence-corrected chi connectivity index (χ1v) is 10.8. The van der Waals surface area contributed by atoms with Crippen molar-refractivity contribution in [1.29, 1.82) is 0 Å². The smallest absolute Gasteiger partial charge is 0.331 e. The Hall–Kier alpha value is -2.10. The van der Waals surface area contributed by atoms with Crippen LogP contribution in [0.4, 0.5) is 18.0 Å². The van der Waals surface area contributed by atoms with Crippen LogP contribution in [-0.2, 0) is 6.18 Å². The molecule has 1 N–H and O–H groups in total. The first kappa shape index (κ1) is 24.5. The number of urea groups is 1. The second-order valence-electron chi connectivity index (χ2n) is 7.93. The maximum absolute atomic E-state index is 13.0. The third-order valence-corrected chi connectivity index (χ3v) is 6.57. The van der Waals surface area contributed by atoms with Gasteiger partial charge in [0.05, 0.1) is 34.2 Å². The van der Waals surface area contributed by atoms with E-state index in [1.807, 2.05) is 0 Å². The van der Waals surface area contributed by atoms with Gasteiger partial charge in [-0.05, 0) is 45.5 Å². The Bertz CT molecular complexity index is 980. The van der Waals surface area contributed by atoms with Crippen LogP contribution in [0.25, 0.3) is 11.3 Å². The lowest BCUT2D eigenvalue weighted by Crippen LogP contribution is -2.48. The lowest BCUT2D eigenvalue weighted by Gasteiger charge is -2.35. The zero-order valence-electron chi connectivity index (χ0n) is 17.9. The number of aromatic nitrogens is 2. The second-order valence-corrected chi connectivity index (χ2v) is 8.69. The van der Waals surface area contributed by atoms with Crippen molar-refractivity contribution in [3.05, 3.63) is 45.8 Å². The van der Waals surface area contributed by atoms with E-state index in [0.717, 1.165) is 25.9 Å². The van der Waals surface area contributed by atoms with Crippen molar-refractivity contribution < 1.29 is 18.0 Å². The van der Waals surface area contributed by atoms with E-state index in [0.29, 0.717) is 11.8 Å². The number of carbonyl (C=O) groups is 1. The van der Waals surface area contributed by atoms with E-state index in [9.17, 15) is 18.0 Å². The highest BCUT2D eigenvalue weighted by Gasteiger charge is 2.33. The number of amides is 2. The Labute approximate surface area is 194 Å². The highest BCUT2D eigenvalue weighted by molar-refractivity contribution is 6.44. The number of likely N-dealkylation sites (tertiary alicyclic amines) is 1. The van der Waals surface area contributed by atoms with E-state index in [-0.39, 0.29) is 33.4 Å². The SMILES string of the molecule is CC(NC(=O)N(C)C1CCN(C)CC1)c1ccc(-c2cncc(C(F)(F)F)n2)c(Cl)c1Cl. The average molecular weight is 490 g/mol. The van der Waals surface area contributed by atoms with Gasteiger partial charge in [-0.1, -0.05) is 35.3 Å². The number of hydrogen-bond donors (Lipinski definition) is 1. The molecule has 174 valence electrons. The molecule has 0 bridgehead atoms. The fourth-order valence-electron chi connectivity index (χ4n) is 3.64. The van der Waals surface area contributed by atoms with Crippen molar-refractivity contribution in [1.82, 2.24) is 25.1 Å². The van der Waals surface area contributed by atoms with Gasteiger partial charge in [-0.2, -0.15) is 13.2 Å². The van der Waals surface area contributed by atoms with Crippen LogP contribution in [-0.4, -0.2) is 59.0 Å². The van der Waals surface area contributed by atoms with Crippen molar-refractivity contribution in [3.8, 4) is 11.3 Å². The van der Waals surface area contributed by atoms with E-state index < -0.39 is 17.9 Å². The summed E-state index contributed by atoms with van der Waals surface area (Å²) in [6.07, 6.45) is -1.000. The largest absolute Gasteiger partial charge is 0.434 e. The third-order valence-electron chi connectivity index (χ3n) is 5.68. The summed E-state index contributed by atoms with van der Waals surface area (Å²) in [6.45, 7) is 3.63. The van der Waals surface area contributed by atoms with Gasteiger partial charge in [0.1, 0.15) is 0 Å². The summed E-state index contributed by atoms with van der Waals surface area (Å²) >= 11 is 12.8. The maximum Gasteiger partial charge on any atom is 0.434 e. The van der Waals surface area contributed by atoms with Crippen molar-refractivity contribution >= 4 is 29.2 Å². The topological polar surface area (TPSA) is 61.4 Å². The molecular weight excluding hydrogens is 466 g/mol. The molecule has 0 radical (unpaired) electrons. The van der Waals surface area contributed by atoms with Gasteiger partial charge in [-0.15, -0.1) is 0 Å². The lowest BCUT2D eigenvalue weighted by atomic mass is 10.0. The molecule has 1 aliphatic heterocycles. The molecule has 3 rings (SSSR count). The first-order chi connectivity index (χ1) is 15.0. The van der Waals surface area contributed by atoms with Gasteiger partial charge in [-0.25, -0.2) is 9.78 Å². The number of alkyl halides is 3. The van der Waals surface area contributed by atoms with Crippen LogP contribution in [0.2, 0.25) is 10.0 Å². The first-order valence-electron chi connectivity index (χ1n) is 10.1. The second kappa shape index (κ2) is 9.80. The van der Waals surface area contributed by atoms with Crippen LogP contribution in [0.15, 0.2) is 24.5 Å². The molecule has 32 heavy (non-hydrogen) atoms. The predicted octanol–water partition coefficient (Wildman–Crippen LogP) is 5.27. The number of carbonyl (C=O) groups excluding carboxylic acids is 1. The molecular formula is C21H24Cl2F3N5O. The normalized spacial score (nSPS) is 16.6. The van der Waals surface area contributed by atoms with E-state index in [2.05, 4.69) is 27.2 Å². The maximum atomic E-state index is 13.0. The van der Waals surface area contributed by atoms with Gasteiger partial charge in [0.25, 0.3) is 0 Å². The van der Waals surface area contributed by atoms with Gasteiger partial charge in [-0.3, -0.25) is 4.98 Å². The highest BCUT2D eigenvalue weighted by atomic mass is 35.5. The van der Waals surface area contributed by atoms with E-state index in [1.165, 1.54) is 12.3 Å². The molecule has 1 fully saturated rings. The third kappa shape index (κ3) is 5.44. The molecule has 0 spiro atoms. The molecule has 2 heterocycles. The average Bonchev–Trinajstić information content (AvgIpc) is 2.75. The number of rotatable bonds is 4. The number of benzene rings is 1. The predicted molar refractivity (Wildman–Crippen MR) is 118 cm³/mol. The molecule has 1 atom stereocenters. The van der Waals surface area contributed by atoms with Gasteiger partial charge in [0, 0.05) is 18.7 Å². The van der Waals surface area contributed by atoms with E-state index in [1.54, 1.807) is 24.9 Å². The Morgan fingerprint density at radius 2 is 1.88 bits per heavy atom. The summed E-state index contributed by atoms with van der Waals surface area (Å²) in [6, 6.07) is 2.59. The minimum Gasteiger partial charge on any atom is -0.331 e. The van der Waals surface area contributed by atoms with Crippen LogP contribution < -0.4 is 5.32 Å². The highest BCUT2D eigenvalue weighted by Crippen LogP contribution is 2.38. The van der Waals surface area contributed by atoms with Crippen LogP contribution in [0.5, 0.6) is 0 Å². The minimum atomic E-state index is -4.63. The Kier molecular flexibility index (Phi) is 7.52. The zero-order valence-corrected chi connectivity index (χ0v) is 19.4. The van der Waals surface area contributed by atoms with Gasteiger partial charge in [0.15, 0.2) is 5.69 Å². The molecule has 1 aromatic heterocycles. The molecule has 1 aromatic carbocycles. The van der Waals surface area contributed by atoms with E-state index >= 15 is 0 Å². The summed E-state index contributed by atoms with van der Waals surface area (Å²) < 4.78 is 38.9. The monoisotopic (exact) mass is 489 g/mol. The van der Waals surface area contributed by atoms with Gasteiger partial charge >= 0.3 is 12.2 Å². The number of nitrogens with one attached hydrogen (secondary N) is 1. The number of halogens is 5. The molecule has 1 aliphatic rings. The summed E-state index contributed by atoms with van der Waals surface area (Å²) in [5.74, 6) is 0. The van der Waals surface area contributed by atoms with Gasteiger partial charge < -0.3 is 15.1 Å². The number of hydrogen-bond acceptors (Lipinski definition) is 4. The minimum absolute atomic E-state index is 0.0440. The Morgan fingerprint density at radius 1 is 1.22 bits per heavy atom. The molecule has 0 aliphatic carbocycles. The zero-order chi connectivity index (χ0) is 23.6. The fraction of sp³-hybridized carbons (Fsp3) is 0.476. The van der Waals surface area contributed by atoms with Crippen LogP contribution in [0, 0.1) is 0 Å². The summed E-state index contributed by atoms with van der Waals surface area (Å²) in [5.41, 5.74) is -0.396. The standard InChI is InChI=1S/C21H24Cl2F3N5O/c1-12(28-20(32)31(3)13-6-8-30(2)9-7-13)14-4-5-15(19(23)18(14)22)16-10-27-11-17(29-16)21(24,25)26/h4-5,10-13H,6-9H2,1-3H3,(H,28,32). The van der Waals surface area contributed by atoms with Crippen molar-refractivity contribution in [2.75, 3.05) is 27.2 Å². The fourth-order valence-corrected chi connectivity index (χ4v) is 4.24.